The normalized spacial score (nSPS) is 17.6. The molecule has 2 amide bonds. The summed E-state index contributed by atoms with van der Waals surface area (Å²) in [6, 6.07) is 7.23. The smallest absolute Gasteiger partial charge is 0.307 e. The fourth-order valence-corrected chi connectivity index (χ4v) is 2.80. The molecule has 0 radical (unpaired) electrons. The second-order valence-electron chi connectivity index (χ2n) is 6.10. The van der Waals surface area contributed by atoms with Crippen LogP contribution in [0.1, 0.15) is 31.4 Å². The molecular weight excluding hydrogens is 296 g/mol. The number of carboxylic acids is 1. The van der Waals surface area contributed by atoms with Crippen LogP contribution in [0.15, 0.2) is 24.3 Å². The number of carbonyl (C=O) groups is 3. The molecule has 0 spiro atoms. The summed E-state index contributed by atoms with van der Waals surface area (Å²) >= 11 is 0. The lowest BCUT2D eigenvalue weighted by molar-refractivity contribution is -0.136. The van der Waals surface area contributed by atoms with E-state index in [9.17, 15) is 14.4 Å². The molecule has 0 bridgehead atoms. The number of rotatable bonds is 6. The van der Waals surface area contributed by atoms with Crippen molar-refractivity contribution in [3.05, 3.63) is 35.4 Å². The first-order valence-corrected chi connectivity index (χ1v) is 7.74. The van der Waals surface area contributed by atoms with Gasteiger partial charge in [-0.2, -0.15) is 0 Å². The quantitative estimate of drug-likeness (QED) is 0.825. The molecule has 124 valence electrons. The Morgan fingerprint density at radius 2 is 1.96 bits per heavy atom. The molecule has 23 heavy (non-hydrogen) atoms. The van der Waals surface area contributed by atoms with Gasteiger partial charge in [0.1, 0.15) is 0 Å². The van der Waals surface area contributed by atoms with Crippen molar-refractivity contribution in [2.45, 2.75) is 39.3 Å². The van der Waals surface area contributed by atoms with Crippen LogP contribution in [0.3, 0.4) is 0 Å². The Hall–Kier alpha value is -2.37. The molecule has 1 unspecified atom stereocenters. The zero-order chi connectivity index (χ0) is 17.0. The van der Waals surface area contributed by atoms with Crippen LogP contribution in [0, 0.1) is 5.92 Å². The Morgan fingerprint density at radius 1 is 1.30 bits per heavy atom. The van der Waals surface area contributed by atoms with Gasteiger partial charge in [-0.25, -0.2) is 0 Å². The Labute approximate surface area is 135 Å². The maximum absolute atomic E-state index is 12.3. The number of aliphatic carboxylic acids is 1. The number of benzene rings is 1. The Kier molecular flexibility index (Phi) is 5.36. The fraction of sp³-hybridized carbons (Fsp3) is 0.471. The van der Waals surface area contributed by atoms with Gasteiger partial charge >= 0.3 is 5.97 Å². The van der Waals surface area contributed by atoms with Gasteiger partial charge in [-0.3, -0.25) is 14.4 Å². The van der Waals surface area contributed by atoms with Crippen molar-refractivity contribution in [1.82, 2.24) is 10.2 Å². The first-order valence-electron chi connectivity index (χ1n) is 7.74. The van der Waals surface area contributed by atoms with Crippen LogP contribution in [-0.4, -0.2) is 40.4 Å². The number of nitrogens with one attached hydrogen (secondary N) is 1. The summed E-state index contributed by atoms with van der Waals surface area (Å²) in [6.45, 7) is 4.58. The monoisotopic (exact) mass is 318 g/mol. The molecule has 1 aromatic carbocycles. The van der Waals surface area contributed by atoms with Crippen LogP contribution >= 0.6 is 0 Å². The van der Waals surface area contributed by atoms with Crippen molar-refractivity contribution in [3.8, 4) is 0 Å². The highest BCUT2D eigenvalue weighted by Gasteiger charge is 2.35. The number of amides is 2. The van der Waals surface area contributed by atoms with Gasteiger partial charge in [-0.15, -0.1) is 0 Å². The van der Waals surface area contributed by atoms with Crippen LogP contribution in [0.25, 0.3) is 0 Å². The molecule has 6 heteroatoms. The van der Waals surface area contributed by atoms with Crippen LogP contribution in [0.2, 0.25) is 0 Å². The van der Waals surface area contributed by atoms with E-state index in [1.54, 1.807) is 23.1 Å². The average Bonchev–Trinajstić information content (AvgIpc) is 2.88. The number of carbonyl (C=O) groups excluding carboxylic acids is 2. The van der Waals surface area contributed by atoms with Gasteiger partial charge in [0.2, 0.25) is 11.8 Å². The third-order valence-corrected chi connectivity index (χ3v) is 4.07. The number of hydrogen-bond acceptors (Lipinski definition) is 3. The molecule has 1 aliphatic rings. The molecule has 2 N–H and O–H groups in total. The van der Waals surface area contributed by atoms with E-state index in [1.165, 1.54) is 0 Å². The van der Waals surface area contributed by atoms with Gasteiger partial charge in [0, 0.05) is 25.6 Å². The predicted octanol–water partition coefficient (Wildman–Crippen LogP) is 1.19. The lowest BCUT2D eigenvalue weighted by Gasteiger charge is -2.20. The first kappa shape index (κ1) is 17.0. The Bertz CT molecular complexity index is 612. The summed E-state index contributed by atoms with van der Waals surface area (Å²) in [5, 5.41) is 11.7. The highest BCUT2D eigenvalue weighted by molar-refractivity contribution is 5.89. The summed E-state index contributed by atoms with van der Waals surface area (Å²) in [5.74, 6) is -1.40. The van der Waals surface area contributed by atoms with Gasteiger partial charge in [0.05, 0.1) is 12.3 Å². The Balaban J connectivity index is 1.95. The molecule has 1 saturated heterocycles. The zero-order valence-electron chi connectivity index (χ0n) is 13.4. The van der Waals surface area contributed by atoms with E-state index in [4.69, 9.17) is 5.11 Å². The standard InChI is InChI=1S/C17H22N2O4/c1-11(2)19-10-14(7-15(19)20)17(23)18-9-13-6-4-3-5-12(13)8-16(21)22/h3-6,11,14H,7-10H2,1-2H3,(H,18,23)(H,21,22). The molecule has 1 aliphatic heterocycles. The first-order chi connectivity index (χ1) is 10.9. The minimum Gasteiger partial charge on any atom is -0.481 e. The molecule has 1 fully saturated rings. The molecule has 0 aliphatic carbocycles. The number of carboxylic acid groups (broad SMARTS) is 1. The lowest BCUT2D eigenvalue weighted by atomic mass is 10.0. The van der Waals surface area contributed by atoms with Crippen LogP contribution in [0.4, 0.5) is 0 Å². The van der Waals surface area contributed by atoms with Crippen molar-refractivity contribution in [1.29, 1.82) is 0 Å². The minimum absolute atomic E-state index is 0.00595. The summed E-state index contributed by atoms with van der Waals surface area (Å²) < 4.78 is 0. The van der Waals surface area contributed by atoms with Crippen LogP contribution in [-0.2, 0) is 27.3 Å². The molecule has 1 heterocycles. The molecule has 1 aromatic rings. The van der Waals surface area contributed by atoms with E-state index >= 15 is 0 Å². The lowest BCUT2D eigenvalue weighted by Crippen LogP contribution is -2.35. The van der Waals surface area contributed by atoms with E-state index in [0.717, 1.165) is 5.56 Å². The topological polar surface area (TPSA) is 86.7 Å². The SMILES string of the molecule is CC(C)N1CC(C(=O)NCc2ccccc2CC(=O)O)CC1=O. The van der Waals surface area contributed by atoms with E-state index in [1.807, 2.05) is 19.9 Å². The van der Waals surface area contributed by atoms with Crippen molar-refractivity contribution in [2.24, 2.45) is 5.92 Å². The predicted molar refractivity (Wildman–Crippen MR) is 84.6 cm³/mol. The summed E-state index contributed by atoms with van der Waals surface area (Å²) in [4.78, 5) is 36.7. The van der Waals surface area contributed by atoms with E-state index in [0.29, 0.717) is 12.1 Å². The van der Waals surface area contributed by atoms with E-state index < -0.39 is 5.97 Å². The highest BCUT2D eigenvalue weighted by Crippen LogP contribution is 2.20. The van der Waals surface area contributed by atoms with Crippen molar-refractivity contribution >= 4 is 17.8 Å². The highest BCUT2D eigenvalue weighted by atomic mass is 16.4. The number of likely N-dealkylation sites (tertiary alicyclic amines) is 1. The summed E-state index contributed by atoms with van der Waals surface area (Å²) in [5.41, 5.74) is 1.47. The van der Waals surface area contributed by atoms with Crippen LogP contribution in [0.5, 0.6) is 0 Å². The molecule has 1 atom stereocenters. The van der Waals surface area contributed by atoms with Crippen molar-refractivity contribution < 1.29 is 19.5 Å². The van der Waals surface area contributed by atoms with Gasteiger partial charge < -0.3 is 15.3 Å². The largest absolute Gasteiger partial charge is 0.481 e. The van der Waals surface area contributed by atoms with Gasteiger partial charge in [0.25, 0.3) is 0 Å². The summed E-state index contributed by atoms with van der Waals surface area (Å²) in [6.07, 6.45) is 0.163. The average molecular weight is 318 g/mol. The van der Waals surface area contributed by atoms with Crippen LogP contribution < -0.4 is 5.32 Å². The van der Waals surface area contributed by atoms with Crippen molar-refractivity contribution in [2.75, 3.05) is 6.54 Å². The summed E-state index contributed by atoms with van der Waals surface area (Å²) in [7, 11) is 0. The molecule has 6 nitrogen and oxygen atoms in total. The second kappa shape index (κ2) is 7.26. The van der Waals surface area contributed by atoms with Gasteiger partial charge in [-0.05, 0) is 25.0 Å². The maximum atomic E-state index is 12.3. The number of nitrogens with zero attached hydrogens (tertiary/aromatic N) is 1. The second-order valence-corrected chi connectivity index (χ2v) is 6.10. The minimum atomic E-state index is -0.905. The van der Waals surface area contributed by atoms with Gasteiger partial charge in [0.15, 0.2) is 0 Å². The molecule has 2 rings (SSSR count). The molecule has 0 aromatic heterocycles. The fourth-order valence-electron chi connectivity index (χ4n) is 2.80. The van der Waals surface area contributed by atoms with E-state index in [2.05, 4.69) is 5.32 Å². The Morgan fingerprint density at radius 3 is 2.52 bits per heavy atom. The number of hydrogen-bond donors (Lipinski definition) is 2. The van der Waals surface area contributed by atoms with E-state index in [-0.39, 0.29) is 43.2 Å². The van der Waals surface area contributed by atoms with Gasteiger partial charge in [-0.1, -0.05) is 24.3 Å². The third-order valence-electron chi connectivity index (χ3n) is 4.07. The zero-order valence-corrected chi connectivity index (χ0v) is 13.4. The third kappa shape index (κ3) is 4.31. The van der Waals surface area contributed by atoms with Crippen molar-refractivity contribution in [3.63, 3.8) is 0 Å². The molecule has 0 saturated carbocycles. The maximum Gasteiger partial charge on any atom is 0.307 e. The molecular formula is C17H22N2O4.